The molecule has 0 saturated carbocycles. The standard InChI is InChI=1S/C22H32N6O3/c1-16-17(2)31-21(26-16)15-25-22(23-3)24-14-18-5-4-6-19(13-18)27-20(29)7-8-28-9-11-30-12-10-28/h4-6,13H,7-12,14-15H2,1-3H3,(H,27,29)(H2,23,24,25). The summed E-state index contributed by atoms with van der Waals surface area (Å²) in [5, 5.41) is 9.44. The number of rotatable bonds is 8. The van der Waals surface area contributed by atoms with Crippen LogP contribution in [0, 0.1) is 13.8 Å². The number of nitrogens with zero attached hydrogens (tertiary/aromatic N) is 3. The topological polar surface area (TPSA) is 104 Å². The minimum absolute atomic E-state index is 0.0191. The molecule has 3 N–H and O–H groups in total. The van der Waals surface area contributed by atoms with Crippen molar-refractivity contribution in [2.45, 2.75) is 33.4 Å². The Labute approximate surface area is 183 Å². The summed E-state index contributed by atoms with van der Waals surface area (Å²) in [7, 11) is 1.71. The lowest BCUT2D eigenvalue weighted by molar-refractivity contribution is -0.116. The van der Waals surface area contributed by atoms with Gasteiger partial charge in [-0.05, 0) is 31.5 Å². The van der Waals surface area contributed by atoms with Gasteiger partial charge in [-0.2, -0.15) is 0 Å². The number of guanidine groups is 1. The van der Waals surface area contributed by atoms with Crippen LogP contribution in [0.25, 0.3) is 0 Å². The summed E-state index contributed by atoms with van der Waals surface area (Å²) in [5.41, 5.74) is 2.72. The predicted octanol–water partition coefficient (Wildman–Crippen LogP) is 1.82. The molecule has 1 fully saturated rings. The number of hydrogen-bond donors (Lipinski definition) is 3. The molecule has 1 aliphatic rings. The number of nitrogens with one attached hydrogen (secondary N) is 3. The summed E-state index contributed by atoms with van der Waals surface area (Å²) in [6, 6.07) is 7.80. The number of amides is 1. The van der Waals surface area contributed by atoms with Gasteiger partial charge in [-0.1, -0.05) is 12.1 Å². The molecule has 3 rings (SSSR count). The van der Waals surface area contributed by atoms with E-state index >= 15 is 0 Å². The van der Waals surface area contributed by atoms with E-state index in [2.05, 4.69) is 30.8 Å². The van der Waals surface area contributed by atoms with Crippen molar-refractivity contribution in [3.63, 3.8) is 0 Å². The molecule has 1 aromatic carbocycles. The summed E-state index contributed by atoms with van der Waals surface area (Å²) in [4.78, 5) is 23.1. The average Bonchev–Trinajstić information content (AvgIpc) is 3.10. The minimum Gasteiger partial charge on any atom is -0.444 e. The number of hydrogen-bond acceptors (Lipinski definition) is 6. The smallest absolute Gasteiger partial charge is 0.225 e. The van der Waals surface area contributed by atoms with Gasteiger partial charge in [-0.15, -0.1) is 0 Å². The third kappa shape index (κ3) is 7.37. The summed E-state index contributed by atoms with van der Waals surface area (Å²) in [6.07, 6.45) is 0.471. The van der Waals surface area contributed by atoms with Crippen LogP contribution in [0.15, 0.2) is 33.7 Å². The van der Waals surface area contributed by atoms with Crippen molar-refractivity contribution in [3.05, 3.63) is 47.2 Å². The molecule has 2 aromatic rings. The van der Waals surface area contributed by atoms with E-state index in [1.54, 1.807) is 7.05 Å². The first kappa shape index (κ1) is 22.8. The molecule has 0 bridgehead atoms. The number of carbonyl (C=O) groups excluding carboxylic acids is 1. The third-order valence-electron chi connectivity index (χ3n) is 5.13. The van der Waals surface area contributed by atoms with Gasteiger partial charge in [0.15, 0.2) is 5.96 Å². The van der Waals surface area contributed by atoms with Gasteiger partial charge < -0.3 is 25.1 Å². The largest absolute Gasteiger partial charge is 0.444 e. The van der Waals surface area contributed by atoms with Crippen molar-refractivity contribution in [2.75, 3.05) is 45.2 Å². The predicted molar refractivity (Wildman–Crippen MR) is 120 cm³/mol. The van der Waals surface area contributed by atoms with Crippen LogP contribution in [0.5, 0.6) is 0 Å². The molecule has 1 aliphatic heterocycles. The number of aryl methyl sites for hydroxylation is 2. The van der Waals surface area contributed by atoms with Crippen molar-refractivity contribution in [3.8, 4) is 0 Å². The first-order chi connectivity index (χ1) is 15.0. The summed E-state index contributed by atoms with van der Waals surface area (Å²) >= 11 is 0. The first-order valence-corrected chi connectivity index (χ1v) is 10.6. The van der Waals surface area contributed by atoms with Gasteiger partial charge >= 0.3 is 0 Å². The van der Waals surface area contributed by atoms with E-state index in [4.69, 9.17) is 9.15 Å². The van der Waals surface area contributed by atoms with E-state index in [0.29, 0.717) is 31.4 Å². The Morgan fingerprint density at radius 2 is 1.97 bits per heavy atom. The van der Waals surface area contributed by atoms with E-state index in [-0.39, 0.29) is 5.91 Å². The van der Waals surface area contributed by atoms with Crippen LogP contribution in [-0.4, -0.2) is 61.6 Å². The highest BCUT2D eigenvalue weighted by atomic mass is 16.5. The molecule has 0 aliphatic carbocycles. The van der Waals surface area contributed by atoms with Crippen LogP contribution in [0.4, 0.5) is 5.69 Å². The lowest BCUT2D eigenvalue weighted by atomic mass is 10.2. The normalized spacial score (nSPS) is 15.0. The summed E-state index contributed by atoms with van der Waals surface area (Å²) < 4.78 is 10.9. The van der Waals surface area contributed by atoms with E-state index in [0.717, 1.165) is 55.6 Å². The van der Waals surface area contributed by atoms with Crippen molar-refractivity contribution < 1.29 is 13.9 Å². The van der Waals surface area contributed by atoms with Crippen molar-refractivity contribution in [1.29, 1.82) is 0 Å². The quantitative estimate of drug-likeness (QED) is 0.435. The van der Waals surface area contributed by atoms with Gasteiger partial charge in [0.05, 0.1) is 25.5 Å². The van der Waals surface area contributed by atoms with E-state index < -0.39 is 0 Å². The molecular weight excluding hydrogens is 396 g/mol. The van der Waals surface area contributed by atoms with Crippen LogP contribution in [0.2, 0.25) is 0 Å². The first-order valence-electron chi connectivity index (χ1n) is 10.6. The van der Waals surface area contributed by atoms with E-state index in [1.807, 2.05) is 38.1 Å². The number of benzene rings is 1. The highest BCUT2D eigenvalue weighted by molar-refractivity contribution is 5.90. The Morgan fingerprint density at radius 3 is 2.68 bits per heavy atom. The summed E-state index contributed by atoms with van der Waals surface area (Å²) in [6.45, 7) is 8.85. The van der Waals surface area contributed by atoms with Gasteiger partial charge in [-0.25, -0.2) is 4.98 Å². The van der Waals surface area contributed by atoms with Gasteiger partial charge in [0, 0.05) is 45.3 Å². The molecule has 0 spiro atoms. The van der Waals surface area contributed by atoms with Crippen LogP contribution in [0.3, 0.4) is 0 Å². The second-order valence-corrected chi connectivity index (χ2v) is 7.48. The van der Waals surface area contributed by atoms with Crippen LogP contribution >= 0.6 is 0 Å². The molecule has 1 aromatic heterocycles. The Hall–Kier alpha value is -2.91. The number of aliphatic imine (C=N–C) groups is 1. The number of carbonyl (C=O) groups is 1. The molecular formula is C22H32N6O3. The van der Waals surface area contributed by atoms with Crippen molar-refractivity contribution in [2.24, 2.45) is 4.99 Å². The second kappa shape index (κ2) is 11.5. The molecule has 0 atom stereocenters. The minimum atomic E-state index is 0.0191. The molecule has 168 valence electrons. The van der Waals surface area contributed by atoms with E-state index in [1.165, 1.54) is 0 Å². The molecule has 1 amide bonds. The Morgan fingerprint density at radius 1 is 1.19 bits per heavy atom. The SMILES string of the molecule is CN=C(NCc1cccc(NC(=O)CCN2CCOCC2)c1)NCc1nc(C)c(C)o1. The van der Waals surface area contributed by atoms with Gasteiger partial charge in [0.25, 0.3) is 0 Å². The lowest BCUT2D eigenvalue weighted by Crippen LogP contribution is -2.38. The number of ether oxygens (including phenoxy) is 1. The zero-order valence-corrected chi connectivity index (χ0v) is 18.5. The summed E-state index contributed by atoms with van der Waals surface area (Å²) in [5.74, 6) is 2.11. The van der Waals surface area contributed by atoms with Crippen LogP contribution in [0.1, 0.15) is 29.3 Å². The Balaban J connectivity index is 1.43. The van der Waals surface area contributed by atoms with Crippen LogP contribution in [-0.2, 0) is 22.6 Å². The highest BCUT2D eigenvalue weighted by Gasteiger charge is 2.12. The molecule has 0 radical (unpaired) electrons. The average molecular weight is 429 g/mol. The molecule has 1 saturated heterocycles. The third-order valence-corrected chi connectivity index (χ3v) is 5.13. The maximum atomic E-state index is 12.3. The maximum Gasteiger partial charge on any atom is 0.225 e. The molecule has 9 heteroatoms. The second-order valence-electron chi connectivity index (χ2n) is 7.48. The van der Waals surface area contributed by atoms with Gasteiger partial charge in [0.2, 0.25) is 11.8 Å². The number of anilines is 1. The lowest BCUT2D eigenvalue weighted by Gasteiger charge is -2.26. The maximum absolute atomic E-state index is 12.3. The fourth-order valence-corrected chi connectivity index (χ4v) is 3.25. The Bertz CT molecular complexity index is 870. The fraction of sp³-hybridized carbons (Fsp3) is 0.500. The van der Waals surface area contributed by atoms with Crippen molar-refractivity contribution >= 4 is 17.6 Å². The zero-order chi connectivity index (χ0) is 22.1. The molecule has 9 nitrogen and oxygen atoms in total. The zero-order valence-electron chi connectivity index (χ0n) is 18.5. The number of aromatic nitrogens is 1. The number of oxazole rings is 1. The van der Waals surface area contributed by atoms with Gasteiger partial charge in [-0.3, -0.25) is 14.7 Å². The Kier molecular flexibility index (Phi) is 8.43. The molecule has 31 heavy (non-hydrogen) atoms. The number of morpholine rings is 1. The van der Waals surface area contributed by atoms with Gasteiger partial charge in [0.1, 0.15) is 5.76 Å². The highest BCUT2D eigenvalue weighted by Crippen LogP contribution is 2.12. The van der Waals surface area contributed by atoms with E-state index in [9.17, 15) is 4.79 Å². The fourth-order valence-electron chi connectivity index (χ4n) is 3.25. The van der Waals surface area contributed by atoms with Crippen molar-refractivity contribution in [1.82, 2.24) is 20.5 Å². The molecule has 0 unspecified atom stereocenters. The molecule has 2 heterocycles. The van der Waals surface area contributed by atoms with Crippen LogP contribution < -0.4 is 16.0 Å². The monoisotopic (exact) mass is 428 g/mol.